The molecule has 0 aliphatic carbocycles. The molecule has 0 aromatic carbocycles. The molecule has 1 aliphatic heterocycles. The zero-order chi connectivity index (χ0) is 14.5. The van der Waals surface area contributed by atoms with Gasteiger partial charge in [0, 0.05) is 31.4 Å². The van der Waals surface area contributed by atoms with Crippen molar-refractivity contribution in [3.8, 4) is 0 Å². The van der Waals surface area contributed by atoms with Gasteiger partial charge in [-0.05, 0) is 45.4 Å². The Labute approximate surface area is 119 Å². The Morgan fingerprint density at radius 1 is 1.50 bits per heavy atom. The second kappa shape index (κ2) is 6.88. The predicted octanol–water partition coefficient (Wildman–Crippen LogP) is 2.28. The second-order valence-electron chi connectivity index (χ2n) is 5.72. The summed E-state index contributed by atoms with van der Waals surface area (Å²) >= 11 is 0. The number of likely N-dealkylation sites (tertiary alicyclic amines) is 1. The van der Waals surface area contributed by atoms with E-state index in [9.17, 15) is 9.18 Å². The molecule has 1 aromatic heterocycles. The number of hydrogen-bond donors (Lipinski definition) is 1. The SMILES string of the molecule is CC(C)Nc1cccn(C2CCCN(CCF)C2)c1=O. The number of nitrogens with one attached hydrogen (secondary N) is 1. The Kier molecular flexibility index (Phi) is 5.17. The molecular formula is C15H24FN3O. The van der Waals surface area contributed by atoms with Crippen molar-refractivity contribution < 1.29 is 4.39 Å². The van der Waals surface area contributed by atoms with Gasteiger partial charge >= 0.3 is 0 Å². The van der Waals surface area contributed by atoms with Crippen LogP contribution in [0, 0.1) is 0 Å². The first-order valence-electron chi connectivity index (χ1n) is 7.38. The van der Waals surface area contributed by atoms with Crippen molar-refractivity contribution in [3.63, 3.8) is 0 Å². The average molecular weight is 281 g/mol. The summed E-state index contributed by atoms with van der Waals surface area (Å²) in [6.45, 7) is 5.86. The lowest BCUT2D eigenvalue weighted by Crippen LogP contribution is -2.41. The average Bonchev–Trinajstić information content (AvgIpc) is 2.41. The molecule has 1 unspecified atom stereocenters. The summed E-state index contributed by atoms with van der Waals surface area (Å²) in [4.78, 5) is 14.6. The summed E-state index contributed by atoms with van der Waals surface area (Å²) in [5.41, 5.74) is 0.665. The fourth-order valence-corrected chi connectivity index (χ4v) is 2.80. The standard InChI is InChI=1S/C15H24FN3O/c1-12(2)17-14-6-4-9-19(15(14)20)13-5-3-8-18(11-13)10-7-16/h4,6,9,12-13,17H,3,5,7-8,10-11H2,1-2H3. The van der Waals surface area contributed by atoms with E-state index in [0.29, 0.717) is 12.2 Å². The number of nitrogens with zero attached hydrogens (tertiary/aromatic N) is 2. The van der Waals surface area contributed by atoms with Crippen LogP contribution in [-0.4, -0.2) is 41.8 Å². The zero-order valence-electron chi connectivity index (χ0n) is 12.3. The van der Waals surface area contributed by atoms with Crippen molar-refractivity contribution in [2.24, 2.45) is 0 Å². The van der Waals surface area contributed by atoms with Gasteiger partial charge in [-0.15, -0.1) is 0 Å². The highest BCUT2D eigenvalue weighted by Gasteiger charge is 2.22. The van der Waals surface area contributed by atoms with E-state index in [1.54, 1.807) is 4.57 Å². The van der Waals surface area contributed by atoms with E-state index >= 15 is 0 Å². The van der Waals surface area contributed by atoms with E-state index in [1.807, 2.05) is 32.2 Å². The Morgan fingerprint density at radius 2 is 2.30 bits per heavy atom. The van der Waals surface area contributed by atoms with Gasteiger partial charge in [-0.3, -0.25) is 9.69 Å². The number of piperidine rings is 1. The topological polar surface area (TPSA) is 37.3 Å². The van der Waals surface area contributed by atoms with E-state index in [0.717, 1.165) is 25.9 Å². The number of pyridine rings is 1. The lowest BCUT2D eigenvalue weighted by molar-refractivity contribution is 0.164. The Hall–Kier alpha value is -1.36. The van der Waals surface area contributed by atoms with Crippen molar-refractivity contribution in [2.75, 3.05) is 31.6 Å². The number of aromatic nitrogens is 1. The predicted molar refractivity (Wildman–Crippen MR) is 80.1 cm³/mol. The molecule has 2 heterocycles. The summed E-state index contributed by atoms with van der Waals surface area (Å²) in [6.07, 6.45) is 3.84. The lowest BCUT2D eigenvalue weighted by atomic mass is 10.1. The Balaban J connectivity index is 2.17. The molecule has 112 valence electrons. The molecule has 1 aliphatic rings. The summed E-state index contributed by atoms with van der Waals surface area (Å²) < 4.78 is 14.3. The highest BCUT2D eigenvalue weighted by atomic mass is 19.1. The van der Waals surface area contributed by atoms with Crippen LogP contribution in [0.5, 0.6) is 0 Å². The van der Waals surface area contributed by atoms with Crippen LogP contribution in [0.25, 0.3) is 0 Å². The van der Waals surface area contributed by atoms with Crippen LogP contribution in [0.3, 0.4) is 0 Å². The van der Waals surface area contributed by atoms with Crippen LogP contribution in [0.15, 0.2) is 23.1 Å². The monoisotopic (exact) mass is 281 g/mol. The fourth-order valence-electron chi connectivity index (χ4n) is 2.80. The molecule has 1 N–H and O–H groups in total. The zero-order valence-corrected chi connectivity index (χ0v) is 12.3. The van der Waals surface area contributed by atoms with Gasteiger partial charge in [0.15, 0.2) is 0 Å². The normalized spacial score (nSPS) is 20.3. The fraction of sp³-hybridized carbons (Fsp3) is 0.667. The van der Waals surface area contributed by atoms with Crippen molar-refractivity contribution in [1.82, 2.24) is 9.47 Å². The molecule has 4 nitrogen and oxygen atoms in total. The summed E-state index contributed by atoms with van der Waals surface area (Å²) in [5, 5.41) is 3.18. The van der Waals surface area contributed by atoms with Crippen molar-refractivity contribution in [1.29, 1.82) is 0 Å². The number of anilines is 1. The van der Waals surface area contributed by atoms with E-state index in [2.05, 4.69) is 10.2 Å². The minimum Gasteiger partial charge on any atom is -0.378 e. The number of rotatable bonds is 5. The van der Waals surface area contributed by atoms with Crippen LogP contribution in [0.4, 0.5) is 10.1 Å². The van der Waals surface area contributed by atoms with Crippen LogP contribution in [0.1, 0.15) is 32.7 Å². The van der Waals surface area contributed by atoms with Crippen LogP contribution >= 0.6 is 0 Å². The van der Waals surface area contributed by atoms with Crippen LogP contribution in [-0.2, 0) is 0 Å². The molecule has 2 rings (SSSR count). The molecule has 0 bridgehead atoms. The van der Waals surface area contributed by atoms with Gasteiger partial charge < -0.3 is 9.88 Å². The maximum Gasteiger partial charge on any atom is 0.274 e. The minimum absolute atomic E-state index is 0.0216. The van der Waals surface area contributed by atoms with Crippen LogP contribution < -0.4 is 10.9 Å². The summed E-state index contributed by atoms with van der Waals surface area (Å²) in [5.74, 6) is 0. The lowest BCUT2D eigenvalue weighted by Gasteiger charge is -2.33. The molecule has 1 atom stereocenters. The van der Waals surface area contributed by atoms with Gasteiger partial charge in [0.25, 0.3) is 5.56 Å². The summed E-state index contributed by atoms with van der Waals surface area (Å²) in [7, 11) is 0. The van der Waals surface area contributed by atoms with Gasteiger partial charge in [0.2, 0.25) is 0 Å². The number of alkyl halides is 1. The molecule has 5 heteroatoms. The first-order valence-corrected chi connectivity index (χ1v) is 7.38. The van der Waals surface area contributed by atoms with E-state index in [4.69, 9.17) is 0 Å². The van der Waals surface area contributed by atoms with Gasteiger partial charge in [0.1, 0.15) is 12.4 Å². The molecule has 20 heavy (non-hydrogen) atoms. The molecular weight excluding hydrogens is 257 g/mol. The van der Waals surface area contributed by atoms with Crippen molar-refractivity contribution in [3.05, 3.63) is 28.7 Å². The minimum atomic E-state index is -0.323. The number of halogens is 1. The van der Waals surface area contributed by atoms with E-state index in [-0.39, 0.29) is 24.3 Å². The maximum atomic E-state index is 12.5. The Bertz CT molecular complexity index is 484. The molecule has 0 spiro atoms. The maximum absolute atomic E-state index is 12.5. The third-order valence-electron chi connectivity index (χ3n) is 3.69. The largest absolute Gasteiger partial charge is 0.378 e. The molecule has 0 amide bonds. The second-order valence-corrected chi connectivity index (χ2v) is 5.72. The van der Waals surface area contributed by atoms with E-state index < -0.39 is 0 Å². The smallest absolute Gasteiger partial charge is 0.274 e. The summed E-state index contributed by atoms with van der Waals surface area (Å²) in [6, 6.07) is 4.10. The van der Waals surface area contributed by atoms with E-state index in [1.165, 1.54) is 0 Å². The quantitative estimate of drug-likeness (QED) is 0.899. The molecule has 1 aromatic rings. The van der Waals surface area contributed by atoms with Gasteiger partial charge in [-0.2, -0.15) is 0 Å². The van der Waals surface area contributed by atoms with Gasteiger partial charge in [-0.1, -0.05) is 0 Å². The highest BCUT2D eigenvalue weighted by molar-refractivity contribution is 5.41. The first kappa shape index (κ1) is 15.0. The third-order valence-corrected chi connectivity index (χ3v) is 3.69. The Morgan fingerprint density at radius 3 is 3.00 bits per heavy atom. The van der Waals surface area contributed by atoms with Crippen molar-refractivity contribution in [2.45, 2.75) is 38.8 Å². The van der Waals surface area contributed by atoms with Gasteiger partial charge in [-0.25, -0.2) is 4.39 Å². The molecule has 1 saturated heterocycles. The first-order chi connectivity index (χ1) is 9.61. The van der Waals surface area contributed by atoms with Crippen molar-refractivity contribution >= 4 is 5.69 Å². The molecule has 0 radical (unpaired) electrons. The highest BCUT2D eigenvalue weighted by Crippen LogP contribution is 2.20. The molecule has 1 fully saturated rings. The van der Waals surface area contributed by atoms with Crippen LogP contribution in [0.2, 0.25) is 0 Å². The third kappa shape index (κ3) is 3.60. The molecule has 0 saturated carbocycles. The number of hydrogen-bond acceptors (Lipinski definition) is 3. The van der Waals surface area contributed by atoms with Gasteiger partial charge in [0.05, 0.1) is 0 Å².